The smallest absolute Gasteiger partial charge is 0.306 e. The first-order valence-corrected chi connectivity index (χ1v) is 33.3. The number of carbonyl (C=O) groups is 5. The molecular formula is C63H119N4O9S. The fraction of sp³-hybridized carbons (Fsp3) is 0.905. The molecule has 0 bridgehead atoms. The fourth-order valence-corrected chi connectivity index (χ4v) is 10.8. The predicted molar refractivity (Wildman–Crippen MR) is 320 cm³/mol. The van der Waals surface area contributed by atoms with Gasteiger partial charge in [-0.25, -0.2) is 0 Å². The molecule has 0 fully saturated rings. The summed E-state index contributed by atoms with van der Waals surface area (Å²) < 4.78 is 11.5. The number of aliphatic hydroxyl groups excluding tert-OH is 1. The summed E-state index contributed by atoms with van der Waals surface area (Å²) in [6.07, 6.45) is 49.1. The molecule has 14 heteroatoms. The van der Waals surface area contributed by atoms with Gasteiger partial charge in [0, 0.05) is 30.8 Å². The van der Waals surface area contributed by atoms with Crippen LogP contribution in [-0.2, 0) is 38.2 Å². The number of nitrogens with zero attached hydrogens (tertiary/aromatic N) is 1. The molecule has 3 amide bonds. The van der Waals surface area contributed by atoms with Crippen LogP contribution < -0.4 is 16.8 Å². The van der Waals surface area contributed by atoms with E-state index in [9.17, 15) is 33.9 Å². The second-order valence-electron chi connectivity index (χ2n) is 22.2. The topological polar surface area (TPSA) is 208 Å². The van der Waals surface area contributed by atoms with Crippen LogP contribution in [0.15, 0.2) is 0 Å². The van der Waals surface area contributed by atoms with Crippen LogP contribution in [0.5, 0.6) is 0 Å². The van der Waals surface area contributed by atoms with Crippen molar-refractivity contribution in [3.63, 3.8) is 0 Å². The first kappa shape index (κ1) is 74.5. The zero-order chi connectivity index (χ0) is 56.7. The summed E-state index contributed by atoms with van der Waals surface area (Å²) in [6.45, 7) is 6.18. The van der Waals surface area contributed by atoms with Crippen molar-refractivity contribution in [1.82, 2.24) is 10.2 Å². The van der Waals surface area contributed by atoms with Crippen molar-refractivity contribution in [2.75, 3.05) is 31.3 Å². The fourth-order valence-electron chi connectivity index (χ4n) is 9.82. The lowest BCUT2D eigenvalue weighted by Gasteiger charge is -2.30. The molecule has 0 spiro atoms. The Balaban J connectivity index is 5.29. The first-order chi connectivity index (χ1) is 37.6. The number of aliphatic hydroxyl groups is 1. The molecule has 1 radical (unpaired) electrons. The van der Waals surface area contributed by atoms with Gasteiger partial charge in [-0.1, -0.05) is 252 Å². The molecule has 0 saturated carbocycles. The Morgan fingerprint density at radius 2 is 0.896 bits per heavy atom. The lowest BCUT2D eigenvalue weighted by Crippen LogP contribution is -2.58. The van der Waals surface area contributed by atoms with Gasteiger partial charge in [-0.05, 0) is 45.1 Å². The predicted octanol–water partition coefficient (Wildman–Crippen LogP) is 14.4. The number of hydrogen-bond acceptors (Lipinski definition) is 12. The molecular weight excluding hydrogens is 989 g/mol. The Hall–Kier alpha value is -2.55. The highest BCUT2D eigenvalue weighted by Crippen LogP contribution is 2.19. The molecule has 77 heavy (non-hydrogen) atoms. The number of esters is 2. The number of nitrogens with one attached hydrogen (secondary N) is 1. The van der Waals surface area contributed by atoms with Crippen molar-refractivity contribution < 1.29 is 43.3 Å². The summed E-state index contributed by atoms with van der Waals surface area (Å²) in [7, 11) is 0. The second-order valence-corrected chi connectivity index (χ2v) is 23.3. The van der Waals surface area contributed by atoms with E-state index in [1.54, 1.807) is 0 Å². The van der Waals surface area contributed by atoms with E-state index < -0.39 is 48.6 Å². The van der Waals surface area contributed by atoms with Gasteiger partial charge in [-0.15, -0.1) is 0 Å². The molecule has 0 aromatic rings. The van der Waals surface area contributed by atoms with Crippen molar-refractivity contribution in [3.8, 4) is 0 Å². The van der Waals surface area contributed by atoms with Crippen LogP contribution in [0.2, 0.25) is 0 Å². The maximum atomic E-state index is 14.0. The number of nitrogens with two attached hydrogens (primary N) is 2. The van der Waals surface area contributed by atoms with E-state index in [1.165, 1.54) is 185 Å². The number of carbonyl (C=O) groups excluding carboxylic acids is 6. The SMILES string of the molecule is CCCCCCCCCCCCCCCC(=O)OCC(CSC[C@H](N)C(=O)N[C@@H](CO)C(=O)N(C(=O)CCCCCCCCCCCCCCC)[C@H]([C]=O)CCCCN)OC(=O)CCCCCCCCCCCCCCC. The van der Waals surface area contributed by atoms with Crippen LogP contribution in [-0.4, -0.2) is 101 Å². The Morgan fingerprint density at radius 3 is 1.27 bits per heavy atom. The third-order valence-electron chi connectivity index (χ3n) is 14.8. The highest BCUT2D eigenvalue weighted by Gasteiger charge is 2.35. The molecule has 0 rings (SSSR count). The minimum absolute atomic E-state index is 0.0424. The molecule has 0 aliphatic rings. The Bertz CT molecular complexity index is 1410. The van der Waals surface area contributed by atoms with E-state index >= 15 is 0 Å². The molecule has 4 atom stereocenters. The Morgan fingerprint density at radius 1 is 0.519 bits per heavy atom. The van der Waals surface area contributed by atoms with Crippen LogP contribution in [0, 0.1) is 0 Å². The van der Waals surface area contributed by atoms with Gasteiger partial charge in [-0.3, -0.25) is 33.7 Å². The maximum absolute atomic E-state index is 14.0. The minimum Gasteiger partial charge on any atom is -0.462 e. The number of ether oxygens (including phenoxy) is 2. The average Bonchev–Trinajstić information content (AvgIpc) is 3.42. The van der Waals surface area contributed by atoms with Gasteiger partial charge >= 0.3 is 11.9 Å². The average molecular weight is 1110 g/mol. The highest BCUT2D eigenvalue weighted by molar-refractivity contribution is 7.99. The lowest BCUT2D eigenvalue weighted by atomic mass is 10.0. The van der Waals surface area contributed by atoms with Crippen molar-refractivity contribution in [2.24, 2.45) is 11.5 Å². The van der Waals surface area contributed by atoms with Gasteiger partial charge in [0.05, 0.1) is 12.6 Å². The molecule has 0 heterocycles. The van der Waals surface area contributed by atoms with E-state index in [1.807, 2.05) is 6.29 Å². The van der Waals surface area contributed by atoms with Gasteiger partial charge in [0.1, 0.15) is 24.8 Å². The normalized spacial score (nSPS) is 13.0. The number of thioether (sulfide) groups is 1. The van der Waals surface area contributed by atoms with Gasteiger partial charge < -0.3 is 31.4 Å². The van der Waals surface area contributed by atoms with Gasteiger partial charge in [0.25, 0.3) is 5.91 Å². The quantitative estimate of drug-likeness (QED) is 0.0331. The van der Waals surface area contributed by atoms with Crippen LogP contribution in [0.4, 0.5) is 0 Å². The molecule has 13 nitrogen and oxygen atoms in total. The number of imide groups is 1. The number of unbranched alkanes of at least 4 members (excludes halogenated alkanes) is 37. The third kappa shape index (κ3) is 45.8. The number of hydrogen-bond donors (Lipinski definition) is 4. The summed E-state index contributed by atoms with van der Waals surface area (Å²) in [5.41, 5.74) is 12.0. The first-order valence-electron chi connectivity index (χ1n) is 32.1. The van der Waals surface area contributed by atoms with Crippen LogP contribution >= 0.6 is 11.8 Å². The van der Waals surface area contributed by atoms with Crippen molar-refractivity contribution in [2.45, 2.75) is 334 Å². The van der Waals surface area contributed by atoms with Gasteiger partial charge in [-0.2, -0.15) is 11.8 Å². The van der Waals surface area contributed by atoms with Crippen LogP contribution in [0.3, 0.4) is 0 Å². The zero-order valence-electron chi connectivity index (χ0n) is 49.9. The summed E-state index contributed by atoms with van der Waals surface area (Å²) in [5.74, 6) is -2.60. The Labute approximate surface area is 475 Å². The zero-order valence-corrected chi connectivity index (χ0v) is 50.7. The molecule has 0 aliphatic carbocycles. The lowest BCUT2D eigenvalue weighted by molar-refractivity contribution is -0.157. The van der Waals surface area contributed by atoms with E-state index in [0.29, 0.717) is 38.6 Å². The van der Waals surface area contributed by atoms with Gasteiger partial charge in [0.15, 0.2) is 0 Å². The van der Waals surface area contributed by atoms with E-state index in [0.717, 1.165) is 69.1 Å². The summed E-state index contributed by atoms with van der Waals surface area (Å²) in [6, 6.07) is -3.85. The largest absolute Gasteiger partial charge is 0.462 e. The van der Waals surface area contributed by atoms with Crippen molar-refractivity contribution in [1.29, 1.82) is 0 Å². The van der Waals surface area contributed by atoms with Gasteiger partial charge in [0.2, 0.25) is 18.1 Å². The third-order valence-corrected chi connectivity index (χ3v) is 16.0. The van der Waals surface area contributed by atoms with E-state index in [2.05, 4.69) is 26.1 Å². The van der Waals surface area contributed by atoms with Crippen molar-refractivity contribution >= 4 is 47.7 Å². The van der Waals surface area contributed by atoms with Crippen molar-refractivity contribution in [3.05, 3.63) is 0 Å². The van der Waals surface area contributed by atoms with E-state index in [4.69, 9.17) is 20.9 Å². The number of rotatable bonds is 59. The van der Waals surface area contributed by atoms with E-state index in [-0.39, 0.29) is 49.3 Å². The standard InChI is InChI=1S/C63H119N4O9S/c1-4-7-10-13-16-19-22-25-28-31-34-37-40-46-59(70)67(55(50-68)45-43-44-49-64)63(74)58(51-69)66-62(73)57(65)54-77-53-56(76-61(72)48-42-39-36-33-30-27-24-21-18-15-12-9-6-3)52-75-60(71)47-41-38-35-32-29-26-23-20-17-14-11-8-5-2/h55-58,69H,4-49,51-54,64-65H2,1-3H3,(H,66,73)/t55-,56?,57-,58-/m0/s1. The number of amides is 3. The van der Waals surface area contributed by atoms with Crippen LogP contribution in [0.1, 0.15) is 310 Å². The monoisotopic (exact) mass is 1110 g/mol. The molecule has 6 N–H and O–H groups in total. The summed E-state index contributed by atoms with van der Waals surface area (Å²) >= 11 is 1.25. The molecule has 451 valence electrons. The second kappa shape index (κ2) is 56.7. The Kier molecular flexibility index (Phi) is 54.8. The molecule has 0 saturated heterocycles. The van der Waals surface area contributed by atoms with Crippen LogP contribution in [0.25, 0.3) is 0 Å². The minimum atomic E-state index is -1.52. The molecule has 0 aromatic heterocycles. The summed E-state index contributed by atoms with van der Waals surface area (Å²) in [5, 5.41) is 12.9. The maximum Gasteiger partial charge on any atom is 0.306 e. The molecule has 1 unspecified atom stereocenters. The molecule has 0 aromatic carbocycles. The highest BCUT2D eigenvalue weighted by atomic mass is 32.2. The molecule has 0 aliphatic heterocycles. The summed E-state index contributed by atoms with van der Waals surface area (Å²) in [4.78, 5) is 80.1.